The molecule has 0 atom stereocenters. The molecule has 244 valence electrons. The van der Waals surface area contributed by atoms with Gasteiger partial charge in [-0.2, -0.15) is 12.1 Å². The summed E-state index contributed by atoms with van der Waals surface area (Å²) in [6.07, 6.45) is 0. The summed E-state index contributed by atoms with van der Waals surface area (Å²) in [5.41, 5.74) is 17.8. The number of benzene rings is 4. The third kappa shape index (κ3) is 9.70. The van der Waals surface area contributed by atoms with Crippen molar-refractivity contribution in [3.8, 4) is 22.3 Å². The van der Waals surface area contributed by atoms with E-state index in [9.17, 15) is 0 Å². The van der Waals surface area contributed by atoms with Crippen molar-refractivity contribution in [2.24, 2.45) is 0 Å². The molecule has 0 aliphatic rings. The molecule has 4 heteroatoms. The molecule has 2 radical (unpaired) electrons. The van der Waals surface area contributed by atoms with E-state index in [1.165, 1.54) is 93.9 Å². The first-order chi connectivity index (χ1) is 22.3. The number of aryl methyl sites for hydroxylation is 8. The maximum atomic E-state index is 4.93. The van der Waals surface area contributed by atoms with Crippen LogP contribution in [0, 0.1) is 55.4 Å². The van der Waals surface area contributed by atoms with E-state index in [0.29, 0.717) is 5.92 Å². The van der Waals surface area contributed by atoms with Crippen molar-refractivity contribution in [1.29, 1.82) is 0 Å². The number of halogens is 2. The fourth-order valence-electron chi connectivity index (χ4n) is 6.83. The van der Waals surface area contributed by atoms with E-state index in [4.69, 9.17) is 17.0 Å². The summed E-state index contributed by atoms with van der Waals surface area (Å²) in [7, 11) is 11.0. The van der Waals surface area contributed by atoms with Gasteiger partial charge in [-0.05, 0) is 80.8 Å². The van der Waals surface area contributed by atoms with Gasteiger partial charge < -0.3 is 0 Å². The van der Waals surface area contributed by atoms with Crippen molar-refractivity contribution in [3.63, 3.8) is 0 Å². The van der Waals surface area contributed by atoms with Gasteiger partial charge in [0.1, 0.15) is 0 Å². The third-order valence-electron chi connectivity index (χ3n) is 8.58. The molecule has 0 fully saturated rings. The van der Waals surface area contributed by atoms with Crippen LogP contribution in [-0.4, -0.2) is 9.52 Å². The Bertz CT molecular complexity index is 1890. The molecule has 6 aromatic carbocycles. The molecule has 6 rings (SSSR count). The predicted molar refractivity (Wildman–Crippen MR) is 211 cm³/mol. The molecule has 0 nitrogen and oxygen atoms in total. The Morgan fingerprint density at radius 2 is 1.06 bits per heavy atom. The van der Waals surface area contributed by atoms with Crippen molar-refractivity contribution in [3.05, 3.63) is 129 Å². The Kier molecular flexibility index (Phi) is 15.0. The van der Waals surface area contributed by atoms with E-state index >= 15 is 0 Å². The summed E-state index contributed by atoms with van der Waals surface area (Å²) < 4.78 is 0. The molecule has 0 saturated carbocycles. The van der Waals surface area contributed by atoms with Gasteiger partial charge in [-0.15, -0.1) is 68.6 Å². The summed E-state index contributed by atoms with van der Waals surface area (Å²) in [5, 5.41) is 5.52. The third-order valence-corrected chi connectivity index (χ3v) is 8.58. The molecule has 0 amide bonds. The molecule has 0 aliphatic carbocycles. The molecule has 0 N–H and O–H groups in total. The van der Waals surface area contributed by atoms with Gasteiger partial charge in [-0.1, -0.05) is 99.4 Å². The first-order valence-corrected chi connectivity index (χ1v) is 24.7. The van der Waals surface area contributed by atoms with Crippen molar-refractivity contribution >= 4 is 48.1 Å². The SMILES string of the molecule is C[Si]C.Cc1cc(C)c(-c2ccc(C)c3[cH-]c(C)cc23)c(C)c1.Cc1cc(C)c(-c2cccc3[cH-]c(C(C)C)cc23)c(C)c1.[Cl][Zr+2][Cl]. The Labute approximate surface area is 306 Å². The quantitative estimate of drug-likeness (QED) is 0.125. The summed E-state index contributed by atoms with van der Waals surface area (Å²) in [6, 6.07) is 29.6. The van der Waals surface area contributed by atoms with E-state index in [1.807, 2.05) is 0 Å². The second-order valence-corrected chi connectivity index (χ2v) is 17.9. The minimum absolute atomic E-state index is 0.575. The van der Waals surface area contributed by atoms with E-state index in [2.05, 4.69) is 161 Å². The Morgan fingerprint density at radius 1 is 0.596 bits per heavy atom. The van der Waals surface area contributed by atoms with Gasteiger partial charge in [0.05, 0.1) is 0 Å². The zero-order valence-corrected chi connectivity index (χ0v) is 35.3. The number of hydrogen-bond acceptors (Lipinski definition) is 0. The summed E-state index contributed by atoms with van der Waals surface area (Å²) in [5.74, 6) is 0.575. The summed E-state index contributed by atoms with van der Waals surface area (Å²) >= 11 is -0.826. The van der Waals surface area contributed by atoms with E-state index in [0.717, 1.165) is 9.52 Å². The summed E-state index contributed by atoms with van der Waals surface area (Å²) in [4.78, 5) is 0. The molecule has 0 aromatic heterocycles. The Balaban J connectivity index is 0.000000219. The molecule has 0 spiro atoms. The van der Waals surface area contributed by atoms with Crippen molar-refractivity contribution in [2.45, 2.75) is 88.2 Å². The number of hydrogen-bond donors (Lipinski definition) is 0. The molecule has 0 aliphatic heterocycles. The van der Waals surface area contributed by atoms with E-state index in [1.54, 1.807) is 0 Å². The Morgan fingerprint density at radius 3 is 1.53 bits per heavy atom. The normalized spacial score (nSPS) is 10.5. The Hall–Kier alpha value is -2.22. The molecular weight excluding hydrogens is 707 g/mol. The minimum atomic E-state index is -0.826. The molecule has 0 unspecified atom stereocenters. The van der Waals surface area contributed by atoms with E-state index < -0.39 is 20.8 Å². The molecule has 6 aromatic rings. The van der Waals surface area contributed by atoms with Crippen LogP contribution in [-0.2, 0) is 20.8 Å². The molecule has 0 bridgehead atoms. The van der Waals surface area contributed by atoms with E-state index in [-0.39, 0.29) is 0 Å². The predicted octanol–water partition coefficient (Wildman–Crippen LogP) is 14.2. The fourth-order valence-corrected chi connectivity index (χ4v) is 6.83. The van der Waals surface area contributed by atoms with Crippen LogP contribution in [0.2, 0.25) is 13.1 Å². The molecule has 0 heterocycles. The van der Waals surface area contributed by atoms with Gasteiger partial charge >= 0.3 is 37.9 Å². The van der Waals surface area contributed by atoms with Crippen LogP contribution in [0.4, 0.5) is 0 Å². The topological polar surface area (TPSA) is 0 Å². The van der Waals surface area contributed by atoms with Gasteiger partial charge in [0.25, 0.3) is 0 Å². The van der Waals surface area contributed by atoms with Gasteiger partial charge in [0, 0.05) is 9.52 Å². The van der Waals surface area contributed by atoms with Crippen LogP contribution in [0.1, 0.15) is 69.8 Å². The van der Waals surface area contributed by atoms with Crippen molar-refractivity contribution in [1.82, 2.24) is 0 Å². The average molecular weight is 757 g/mol. The van der Waals surface area contributed by atoms with Gasteiger partial charge in [0.2, 0.25) is 0 Å². The van der Waals surface area contributed by atoms with Crippen molar-refractivity contribution in [2.75, 3.05) is 0 Å². The molecule has 47 heavy (non-hydrogen) atoms. The maximum absolute atomic E-state index is 4.93. The monoisotopic (exact) mass is 754 g/mol. The molecular formula is C43H50Cl2SiZr. The second kappa shape index (κ2) is 18.0. The second-order valence-electron chi connectivity index (χ2n) is 13.2. The van der Waals surface area contributed by atoms with Gasteiger partial charge in [0.15, 0.2) is 0 Å². The zero-order chi connectivity index (χ0) is 35.0. The average Bonchev–Trinajstić information content (AvgIpc) is 3.59. The first kappa shape index (κ1) is 39.2. The molecule has 0 saturated heterocycles. The van der Waals surface area contributed by atoms with Gasteiger partial charge in [-0.3, -0.25) is 0 Å². The zero-order valence-electron chi connectivity index (χ0n) is 30.3. The number of fused-ring (bicyclic) bond motifs is 2. The van der Waals surface area contributed by atoms with Crippen LogP contribution in [0.15, 0.2) is 78.9 Å². The standard InChI is InChI=1S/C21H23.C20H21.C2H6Si.2ClH.Zr/c1-13(2)18-11-17-7-6-8-19(20(17)12-18)21-15(4)9-14(3)10-16(21)5;1-12-8-15(4)20(16(5)9-12)17-7-6-14(3)18-10-13(2)11-19(17)18;1-3-2;;;/h6-13H,1-5H3;6-11H,1-5H3;1-2H3;2*1H;/q2*-1;;;;+4/p-2. The fraction of sp³-hybridized carbons (Fsp3) is 0.302. The van der Waals surface area contributed by atoms with Crippen LogP contribution in [0.25, 0.3) is 43.8 Å². The number of rotatable bonds is 3. The van der Waals surface area contributed by atoms with Crippen LogP contribution in [0.5, 0.6) is 0 Å². The summed E-state index contributed by atoms with van der Waals surface area (Å²) in [6.45, 7) is 26.4. The first-order valence-electron chi connectivity index (χ1n) is 16.3. The van der Waals surface area contributed by atoms with Gasteiger partial charge in [-0.25, -0.2) is 0 Å². The van der Waals surface area contributed by atoms with Crippen molar-refractivity contribution < 1.29 is 20.8 Å². The van der Waals surface area contributed by atoms with Crippen LogP contribution in [0.3, 0.4) is 0 Å². The van der Waals surface area contributed by atoms with Crippen LogP contribution >= 0.6 is 17.0 Å². The van der Waals surface area contributed by atoms with Crippen LogP contribution < -0.4 is 0 Å².